The molecular weight excluding hydrogens is 1040 g/mol. The number of hydrogen-bond acceptors (Lipinski definition) is 17. The van der Waals surface area contributed by atoms with Gasteiger partial charge in [-0.25, -0.2) is 0 Å². The lowest BCUT2D eigenvalue weighted by atomic mass is 9.99. The van der Waals surface area contributed by atoms with Crippen molar-refractivity contribution in [2.45, 2.75) is 180 Å². The van der Waals surface area contributed by atoms with Crippen molar-refractivity contribution in [2.75, 3.05) is 37.7 Å². The van der Waals surface area contributed by atoms with E-state index in [2.05, 4.69) is 78.1 Å². The Morgan fingerprint density at radius 1 is 0.429 bits per heavy atom. The van der Waals surface area contributed by atoms with Gasteiger partial charge in [0.1, 0.15) is 54.4 Å². The van der Waals surface area contributed by atoms with Crippen molar-refractivity contribution in [3.05, 3.63) is 0 Å². The van der Waals surface area contributed by atoms with Crippen molar-refractivity contribution in [1.29, 1.82) is 0 Å². The number of aliphatic hydroxyl groups is 1. The van der Waals surface area contributed by atoms with Crippen LogP contribution in [0.1, 0.15) is 119 Å². The summed E-state index contributed by atoms with van der Waals surface area (Å²) in [6.45, 7) is 12.3. The molecule has 0 radical (unpaired) electrons. The lowest BCUT2D eigenvalue weighted by Gasteiger charge is -2.29. The second-order valence-corrected chi connectivity index (χ2v) is 20.9. The molecule has 0 saturated heterocycles. The number of rotatable bonds is 40. The van der Waals surface area contributed by atoms with Crippen molar-refractivity contribution in [3.8, 4) is 0 Å². The van der Waals surface area contributed by atoms with Gasteiger partial charge in [-0.05, 0) is 108 Å². The highest BCUT2D eigenvalue weighted by Crippen LogP contribution is 2.13. The van der Waals surface area contributed by atoms with Crippen LogP contribution in [0.4, 0.5) is 0 Å². The maximum atomic E-state index is 14.2. The van der Waals surface area contributed by atoms with E-state index in [4.69, 9.17) is 34.4 Å². The maximum Gasteiger partial charge on any atom is 0.245 e. The van der Waals surface area contributed by atoms with E-state index in [1.54, 1.807) is 13.8 Å². The summed E-state index contributed by atoms with van der Waals surface area (Å²) in [6, 6.07) is -11.6. The molecule has 0 heterocycles. The lowest BCUT2D eigenvalue weighted by molar-refractivity contribution is -0.137. The third-order valence-electron chi connectivity index (χ3n) is 11.7. The molecule has 0 aliphatic rings. The summed E-state index contributed by atoms with van der Waals surface area (Å²) >= 11 is 8.45. The van der Waals surface area contributed by atoms with Crippen molar-refractivity contribution in [2.24, 2.45) is 57.1 Å². The van der Waals surface area contributed by atoms with E-state index in [0.29, 0.717) is 25.7 Å². The third-order valence-corrected chi connectivity index (χ3v) is 12.4. The third kappa shape index (κ3) is 29.7. The summed E-state index contributed by atoms with van der Waals surface area (Å²) in [5.74, 6) is -8.86. The van der Waals surface area contributed by atoms with Crippen LogP contribution in [0.25, 0.3) is 0 Å². The number of nitrogens with two attached hydrogens (primary N) is 6. The number of aliphatic hydroxyl groups excluding tert-OH is 1. The Bertz CT molecular complexity index is 1930. The Morgan fingerprint density at radius 3 is 1.12 bits per heavy atom. The molecule has 29 heteroatoms. The van der Waals surface area contributed by atoms with Crippen LogP contribution in [0, 0.1) is 17.8 Å². The fraction of sp³-hybridized carbons (Fsp3) is 0.771. The predicted molar refractivity (Wildman–Crippen MR) is 299 cm³/mol. The number of guanidine groups is 1. The van der Waals surface area contributed by atoms with Crippen LogP contribution in [0.3, 0.4) is 0 Å². The molecule has 10 atom stereocenters. The van der Waals surface area contributed by atoms with Gasteiger partial charge in [0.15, 0.2) is 5.96 Å². The molecule has 0 unspecified atom stereocenters. The molecule has 0 aromatic heterocycles. The molecule has 0 aromatic rings. The Balaban J connectivity index is 6.75. The minimum Gasteiger partial charge on any atom is -0.391 e. The van der Waals surface area contributed by atoms with Gasteiger partial charge in [0.05, 0.1) is 12.6 Å². The van der Waals surface area contributed by atoms with Crippen molar-refractivity contribution in [3.63, 3.8) is 0 Å². The molecular formula is C48H92N16O11S2. The number of thiol groups is 2. The molecule has 0 aliphatic heterocycles. The number of primary amides is 1. The molecule has 0 rings (SSSR count). The zero-order valence-corrected chi connectivity index (χ0v) is 47.7. The largest absolute Gasteiger partial charge is 0.391 e. The van der Waals surface area contributed by atoms with E-state index < -0.39 is 120 Å². The van der Waals surface area contributed by atoms with Gasteiger partial charge in [-0.2, -0.15) is 25.3 Å². The zero-order chi connectivity index (χ0) is 58.9. The summed E-state index contributed by atoms with van der Waals surface area (Å²) < 4.78 is 0. The van der Waals surface area contributed by atoms with E-state index in [-0.39, 0.29) is 106 Å². The van der Waals surface area contributed by atoms with E-state index in [1.807, 2.05) is 27.7 Å². The van der Waals surface area contributed by atoms with Gasteiger partial charge in [-0.15, -0.1) is 0 Å². The van der Waals surface area contributed by atoms with Gasteiger partial charge in [0.25, 0.3) is 0 Å². The van der Waals surface area contributed by atoms with Gasteiger partial charge in [-0.1, -0.05) is 41.5 Å². The summed E-state index contributed by atoms with van der Waals surface area (Å²) in [4.78, 5) is 139. The molecule has 10 amide bonds. The number of carbonyl (C=O) groups is 10. The number of nitrogens with one attached hydrogen (secondary N) is 9. The predicted octanol–water partition coefficient (Wildman–Crippen LogP) is -4.52. The fourth-order valence-corrected chi connectivity index (χ4v) is 8.13. The van der Waals surface area contributed by atoms with Gasteiger partial charge in [0.2, 0.25) is 59.1 Å². The van der Waals surface area contributed by atoms with Gasteiger partial charge >= 0.3 is 0 Å². The molecule has 77 heavy (non-hydrogen) atoms. The minimum absolute atomic E-state index is 0.00818. The quantitative estimate of drug-likeness (QED) is 0.0119. The van der Waals surface area contributed by atoms with Gasteiger partial charge in [-0.3, -0.25) is 52.9 Å². The summed E-state index contributed by atoms with van der Waals surface area (Å²) in [7, 11) is 0. The summed E-state index contributed by atoms with van der Waals surface area (Å²) in [5, 5.41) is 34.0. The monoisotopic (exact) mass is 1130 g/mol. The highest BCUT2D eigenvalue weighted by molar-refractivity contribution is 7.80. The topological polar surface area (TPSA) is 468 Å². The van der Waals surface area contributed by atoms with E-state index in [9.17, 15) is 53.1 Å². The SMILES string of the molecule is CC(C)C[C@H](NC(=O)[C@H](CC(C)C)NC(=O)[C@@H](NC(=O)[C@H](CCCCN)NC(=O)[C@H](CS)NC(=O)[C@H](CCCN=C(N)N)NC(=O)[C@H](CCCCN)NC(=O)[C@H](CC(C)C)NC(=O)[C@H](CS)NC(=O)CN)[C@@H](C)O)C(N)=O. The van der Waals surface area contributed by atoms with Crippen LogP contribution >= 0.6 is 25.3 Å². The number of amides is 10. The van der Waals surface area contributed by atoms with Crippen LogP contribution in [-0.2, 0) is 47.9 Å². The first kappa shape index (κ1) is 71.5. The molecule has 27 nitrogen and oxygen atoms in total. The molecule has 0 aliphatic carbocycles. The smallest absolute Gasteiger partial charge is 0.245 e. The average Bonchev–Trinajstić information content (AvgIpc) is 3.34. The molecule has 0 fully saturated rings. The second-order valence-electron chi connectivity index (χ2n) is 20.2. The van der Waals surface area contributed by atoms with E-state index in [0.717, 1.165) is 0 Å². The number of unbranched alkanes of at least 4 members (excludes halogenated alkanes) is 2. The maximum absolute atomic E-state index is 14.2. The number of aliphatic imine (C=N–C) groups is 1. The molecule has 22 N–H and O–H groups in total. The summed E-state index contributed by atoms with van der Waals surface area (Å²) in [5.41, 5.74) is 33.4. The van der Waals surface area contributed by atoms with Crippen molar-refractivity contribution in [1.82, 2.24) is 47.9 Å². The van der Waals surface area contributed by atoms with Gasteiger partial charge < -0.3 is 87.4 Å². The van der Waals surface area contributed by atoms with Crippen molar-refractivity contribution >= 4 is 90.3 Å². The first-order chi connectivity index (χ1) is 36.1. The molecule has 442 valence electrons. The molecule has 0 saturated carbocycles. The van der Waals surface area contributed by atoms with Crippen molar-refractivity contribution < 1.29 is 53.1 Å². The number of carbonyl (C=O) groups excluding carboxylic acids is 10. The molecule has 0 aromatic carbocycles. The number of nitrogens with zero attached hydrogens (tertiary/aromatic N) is 1. The van der Waals surface area contributed by atoms with Crippen LogP contribution in [0.15, 0.2) is 4.99 Å². The Morgan fingerprint density at radius 2 is 0.753 bits per heavy atom. The van der Waals surface area contributed by atoms with E-state index in [1.165, 1.54) is 6.92 Å². The second kappa shape index (κ2) is 39.0. The Hall–Kier alpha value is -5.49. The Labute approximate surface area is 463 Å². The van der Waals surface area contributed by atoms with Gasteiger partial charge in [0, 0.05) is 18.1 Å². The highest BCUT2D eigenvalue weighted by atomic mass is 32.1. The Kier molecular flexibility index (Phi) is 36.2. The zero-order valence-electron chi connectivity index (χ0n) is 45.9. The van der Waals surface area contributed by atoms with Crippen LogP contribution < -0.4 is 82.3 Å². The van der Waals surface area contributed by atoms with E-state index >= 15 is 0 Å². The standard InChI is InChI=1S/C48H92N16O11S2/c1-25(2)19-32(39(52)67)60-44(72)34(21-27(5)6)62-47(75)38(28(7)65)64-42(70)30(14-9-11-17-50)59-46(74)36(24-77)63-41(69)31(15-12-18-55-48(53)54)57-40(68)29(13-8-10-16-49)58-43(71)33(20-26(3)4)61-45(73)35(23-76)56-37(66)22-51/h25-36,38,65,76-77H,8-24,49-51H2,1-7H3,(H2,52,67)(H,56,66)(H,57,68)(H,58,71)(H,59,74)(H,60,72)(H,61,73)(H,62,75)(H,63,69)(H,64,70)(H4,53,54,55)/t28-,29+,30+,31+,32+,33+,34+,35+,36+,38+/m1/s1. The lowest BCUT2D eigenvalue weighted by Crippen LogP contribution is -2.62. The first-order valence-corrected chi connectivity index (χ1v) is 27.5. The van der Waals surface area contributed by atoms with Crippen LogP contribution in [-0.4, -0.2) is 168 Å². The average molecular weight is 1130 g/mol. The highest BCUT2D eigenvalue weighted by Gasteiger charge is 2.36. The number of hydrogen-bond donors (Lipinski definition) is 18. The fourth-order valence-electron chi connectivity index (χ4n) is 7.61. The van der Waals surface area contributed by atoms with Crippen LogP contribution in [0.5, 0.6) is 0 Å². The van der Waals surface area contributed by atoms with Crippen LogP contribution in [0.2, 0.25) is 0 Å². The summed E-state index contributed by atoms with van der Waals surface area (Å²) in [6.07, 6.45) is 0.638. The molecule has 0 spiro atoms. The minimum atomic E-state index is -1.64. The molecule has 0 bridgehead atoms. The normalized spacial score (nSPS) is 15.2. The first-order valence-electron chi connectivity index (χ1n) is 26.2.